The Morgan fingerprint density at radius 2 is 0.592 bits per heavy atom. The Hall–Kier alpha value is -9.38. The number of para-hydroxylation sites is 4. The van der Waals surface area contributed by atoms with Gasteiger partial charge in [0.15, 0.2) is 23.0 Å². The third-order valence-electron chi connectivity index (χ3n) is 14.5. The van der Waals surface area contributed by atoms with Crippen molar-refractivity contribution in [2.75, 3.05) is 9.80 Å². The highest BCUT2D eigenvalue weighted by Crippen LogP contribution is 2.67. The smallest absolute Gasteiger partial charge is 0.178 e. The zero-order valence-electron chi connectivity index (χ0n) is 38.6. The number of fused-ring (bicyclic) bond motifs is 13. The lowest BCUT2D eigenvalue weighted by atomic mass is 9.70. The minimum Gasteiger partial charge on any atom is -0.449 e. The van der Waals surface area contributed by atoms with Gasteiger partial charge < -0.3 is 19.3 Å². The summed E-state index contributed by atoms with van der Waals surface area (Å²) in [5, 5.41) is 0. The highest BCUT2D eigenvalue weighted by molar-refractivity contribution is 5.99. The van der Waals surface area contributed by atoms with E-state index in [1.165, 1.54) is 33.4 Å². The Kier molecular flexibility index (Phi) is 9.39. The molecule has 4 heteroatoms. The summed E-state index contributed by atoms with van der Waals surface area (Å²) in [6, 6.07) is 95.1. The number of nitrogens with zero attached hydrogens (tertiary/aromatic N) is 2. The lowest BCUT2D eigenvalue weighted by molar-refractivity contribution is 0.363. The van der Waals surface area contributed by atoms with Crippen LogP contribution in [0.1, 0.15) is 22.3 Å². The van der Waals surface area contributed by atoms with Gasteiger partial charge in [-0.3, -0.25) is 0 Å². The van der Waals surface area contributed by atoms with Crippen molar-refractivity contribution in [1.82, 2.24) is 0 Å². The molecule has 0 bridgehead atoms. The van der Waals surface area contributed by atoms with Crippen LogP contribution in [0, 0.1) is 0 Å². The summed E-state index contributed by atoms with van der Waals surface area (Å²) < 4.78 is 14.9. The van der Waals surface area contributed by atoms with Crippen LogP contribution < -0.4 is 19.3 Å². The monoisotopic (exact) mass is 908 g/mol. The van der Waals surface area contributed by atoms with Gasteiger partial charge in [0.2, 0.25) is 0 Å². The van der Waals surface area contributed by atoms with Gasteiger partial charge in [-0.05, 0) is 141 Å². The fraction of sp³-hybridized carbons (Fsp3) is 0.0149. The van der Waals surface area contributed by atoms with E-state index in [0.29, 0.717) is 17.2 Å². The van der Waals surface area contributed by atoms with E-state index < -0.39 is 5.41 Å². The van der Waals surface area contributed by atoms with Crippen molar-refractivity contribution in [3.8, 4) is 67.5 Å². The Morgan fingerprint density at radius 1 is 0.239 bits per heavy atom. The molecule has 0 saturated heterocycles. The molecule has 0 saturated carbocycles. The summed E-state index contributed by atoms with van der Waals surface area (Å²) >= 11 is 0. The lowest BCUT2D eigenvalue weighted by Crippen LogP contribution is -2.25. The molecule has 0 unspecified atom stereocenters. The number of hydrogen-bond acceptors (Lipinski definition) is 4. The zero-order chi connectivity index (χ0) is 46.9. The molecule has 3 aliphatic rings. The standard InChI is InChI=1S/C67H44N2O2/c1-5-19-47(20-6-1)68(48-21-7-2-8-22-48)51-37-33-45(34-38-51)53-41-42-54(46-35-39-52(40-36-46)69(49-23-9-3-10-24-49)50-25-11-4-12-26-50)65-64(53)70-62-44-43-61-63(66(62)71-65)57-29-15-18-32-60(57)67(61)58-30-16-13-27-55(58)56-28-14-17-31-59(56)67/h1-44H. The summed E-state index contributed by atoms with van der Waals surface area (Å²) in [5.41, 5.74) is 19.6. The molecule has 1 aliphatic heterocycles. The highest BCUT2D eigenvalue weighted by Gasteiger charge is 2.53. The van der Waals surface area contributed by atoms with Crippen LogP contribution in [-0.2, 0) is 5.41 Å². The summed E-state index contributed by atoms with van der Waals surface area (Å²) in [5.74, 6) is 2.78. The summed E-state index contributed by atoms with van der Waals surface area (Å²) in [6.45, 7) is 0. The minimum atomic E-state index is -0.517. The Morgan fingerprint density at radius 3 is 1.03 bits per heavy atom. The second-order valence-corrected chi connectivity index (χ2v) is 18.3. The fourth-order valence-electron chi connectivity index (χ4n) is 11.5. The molecule has 1 spiro atoms. The summed E-state index contributed by atoms with van der Waals surface area (Å²) in [6.07, 6.45) is 0. The van der Waals surface area contributed by atoms with Gasteiger partial charge in [0.1, 0.15) is 0 Å². The molecular weight excluding hydrogens is 865 g/mol. The molecule has 1 heterocycles. The maximum Gasteiger partial charge on any atom is 0.178 e. The van der Waals surface area contributed by atoms with Crippen LogP contribution in [-0.4, -0.2) is 0 Å². The molecule has 0 amide bonds. The topological polar surface area (TPSA) is 24.9 Å². The molecule has 334 valence electrons. The predicted molar refractivity (Wildman–Crippen MR) is 290 cm³/mol. The first kappa shape index (κ1) is 40.7. The van der Waals surface area contributed by atoms with Crippen LogP contribution in [0.25, 0.3) is 44.5 Å². The van der Waals surface area contributed by atoms with Gasteiger partial charge in [-0.25, -0.2) is 0 Å². The summed E-state index contributed by atoms with van der Waals surface area (Å²) in [7, 11) is 0. The van der Waals surface area contributed by atoms with Gasteiger partial charge in [0, 0.05) is 50.8 Å². The van der Waals surface area contributed by atoms with Crippen LogP contribution in [0.2, 0.25) is 0 Å². The number of hydrogen-bond donors (Lipinski definition) is 0. The first-order valence-electron chi connectivity index (χ1n) is 24.2. The second-order valence-electron chi connectivity index (χ2n) is 18.3. The van der Waals surface area contributed by atoms with Gasteiger partial charge in [-0.1, -0.05) is 176 Å². The summed E-state index contributed by atoms with van der Waals surface area (Å²) in [4.78, 5) is 4.57. The zero-order valence-corrected chi connectivity index (χ0v) is 38.6. The molecule has 0 fully saturated rings. The lowest BCUT2D eigenvalue weighted by Gasteiger charge is -2.31. The second kappa shape index (κ2) is 16.4. The normalized spacial score (nSPS) is 12.8. The fourth-order valence-corrected chi connectivity index (χ4v) is 11.5. The number of ether oxygens (including phenoxy) is 2. The number of benzene rings is 11. The minimum absolute atomic E-state index is 0.517. The quantitative estimate of drug-likeness (QED) is 0.152. The van der Waals surface area contributed by atoms with Gasteiger partial charge in [0.25, 0.3) is 0 Å². The Labute approximate surface area is 413 Å². The molecule has 14 rings (SSSR count). The van der Waals surface area contributed by atoms with E-state index >= 15 is 0 Å². The van der Waals surface area contributed by atoms with Crippen LogP contribution in [0.3, 0.4) is 0 Å². The molecule has 11 aromatic rings. The van der Waals surface area contributed by atoms with Crippen molar-refractivity contribution in [1.29, 1.82) is 0 Å². The van der Waals surface area contributed by atoms with Crippen molar-refractivity contribution < 1.29 is 9.47 Å². The molecule has 0 N–H and O–H groups in total. The molecule has 71 heavy (non-hydrogen) atoms. The van der Waals surface area contributed by atoms with E-state index in [-0.39, 0.29) is 0 Å². The maximum absolute atomic E-state index is 7.55. The average Bonchev–Trinajstić information content (AvgIpc) is 3.92. The molecular formula is C67H44N2O2. The van der Waals surface area contributed by atoms with E-state index in [1.54, 1.807) is 0 Å². The Bertz CT molecular complexity index is 3670. The van der Waals surface area contributed by atoms with Gasteiger partial charge >= 0.3 is 0 Å². The van der Waals surface area contributed by atoms with Crippen molar-refractivity contribution in [2.45, 2.75) is 5.41 Å². The van der Waals surface area contributed by atoms with Gasteiger partial charge in [0.05, 0.1) is 5.41 Å². The first-order valence-corrected chi connectivity index (χ1v) is 24.2. The van der Waals surface area contributed by atoms with E-state index in [2.05, 4.69) is 277 Å². The van der Waals surface area contributed by atoms with E-state index in [9.17, 15) is 0 Å². The first-order chi connectivity index (χ1) is 35.2. The molecule has 4 nitrogen and oxygen atoms in total. The van der Waals surface area contributed by atoms with Gasteiger partial charge in [-0.2, -0.15) is 0 Å². The van der Waals surface area contributed by atoms with Crippen LogP contribution in [0.5, 0.6) is 23.0 Å². The molecule has 11 aromatic carbocycles. The SMILES string of the molecule is c1ccc(N(c2ccccc2)c2ccc(-c3ccc(-c4ccc(N(c5ccccc5)c5ccccc5)cc4)c4c3Oc3ccc5c(c3O4)-c3ccccc3C53c4ccccc4-c4ccccc43)cc2)cc1. The van der Waals surface area contributed by atoms with Crippen molar-refractivity contribution >= 4 is 34.1 Å². The number of anilines is 6. The van der Waals surface area contributed by atoms with E-state index in [0.717, 1.165) is 73.3 Å². The molecule has 0 atom stereocenters. The van der Waals surface area contributed by atoms with Gasteiger partial charge in [-0.15, -0.1) is 0 Å². The van der Waals surface area contributed by atoms with Crippen LogP contribution in [0.15, 0.2) is 267 Å². The average molecular weight is 909 g/mol. The van der Waals surface area contributed by atoms with E-state index in [1.807, 2.05) is 0 Å². The van der Waals surface area contributed by atoms with Crippen molar-refractivity contribution in [3.05, 3.63) is 289 Å². The third-order valence-corrected chi connectivity index (χ3v) is 14.5. The molecule has 0 aromatic heterocycles. The highest BCUT2D eigenvalue weighted by atomic mass is 16.6. The van der Waals surface area contributed by atoms with E-state index in [4.69, 9.17) is 9.47 Å². The third kappa shape index (κ3) is 6.32. The predicted octanol–water partition coefficient (Wildman–Crippen LogP) is 18.2. The van der Waals surface area contributed by atoms with Crippen molar-refractivity contribution in [3.63, 3.8) is 0 Å². The van der Waals surface area contributed by atoms with Crippen LogP contribution >= 0.6 is 0 Å². The molecule has 0 radical (unpaired) electrons. The Balaban J connectivity index is 0.933. The molecule has 2 aliphatic carbocycles. The largest absolute Gasteiger partial charge is 0.449 e. The van der Waals surface area contributed by atoms with Crippen LogP contribution in [0.4, 0.5) is 34.1 Å². The van der Waals surface area contributed by atoms with Crippen molar-refractivity contribution in [2.24, 2.45) is 0 Å². The number of rotatable bonds is 8. The maximum atomic E-state index is 7.55.